The summed E-state index contributed by atoms with van der Waals surface area (Å²) in [5, 5.41) is 20.2. The van der Waals surface area contributed by atoms with Crippen LogP contribution in [-0.2, 0) is 5.41 Å². The van der Waals surface area contributed by atoms with Gasteiger partial charge in [0.2, 0.25) is 0 Å². The minimum absolute atomic E-state index is 0.109. The molecule has 0 unspecified atom stereocenters. The zero-order chi connectivity index (χ0) is 17.2. The van der Waals surface area contributed by atoms with Crippen LogP contribution >= 0.6 is 0 Å². The molecule has 1 heterocycles. The van der Waals surface area contributed by atoms with E-state index in [9.17, 15) is 10.2 Å². The number of benzene rings is 1. The molecule has 2 N–H and O–H groups in total. The van der Waals surface area contributed by atoms with E-state index in [0.717, 1.165) is 32.5 Å². The van der Waals surface area contributed by atoms with Gasteiger partial charge in [-0.1, -0.05) is 38.8 Å². The van der Waals surface area contributed by atoms with Gasteiger partial charge in [-0.15, -0.1) is 0 Å². The Morgan fingerprint density at radius 3 is 2.71 bits per heavy atom. The zero-order valence-electron chi connectivity index (χ0n) is 15.2. The highest BCUT2D eigenvalue weighted by molar-refractivity contribution is 5.33. The van der Waals surface area contributed by atoms with Crippen molar-refractivity contribution in [2.45, 2.75) is 63.9 Å². The molecule has 3 atom stereocenters. The van der Waals surface area contributed by atoms with Gasteiger partial charge in [0.25, 0.3) is 0 Å². The normalized spacial score (nSPS) is 30.5. The van der Waals surface area contributed by atoms with Crippen molar-refractivity contribution in [2.24, 2.45) is 11.8 Å². The van der Waals surface area contributed by atoms with Crippen LogP contribution in [0.15, 0.2) is 24.3 Å². The van der Waals surface area contributed by atoms with Crippen LogP contribution in [0.25, 0.3) is 0 Å². The van der Waals surface area contributed by atoms with Crippen LogP contribution in [0.4, 0.5) is 0 Å². The average Bonchev–Trinajstić information content (AvgIpc) is 3.10. The topological polar surface area (TPSA) is 43.7 Å². The molecule has 1 aliphatic carbocycles. The van der Waals surface area contributed by atoms with E-state index in [2.05, 4.69) is 24.8 Å². The maximum Gasteiger partial charge on any atom is 0.115 e. The molecule has 0 amide bonds. The lowest BCUT2D eigenvalue weighted by molar-refractivity contribution is 0.0635. The fourth-order valence-corrected chi connectivity index (χ4v) is 4.70. The van der Waals surface area contributed by atoms with E-state index in [1.165, 1.54) is 31.2 Å². The quantitative estimate of drug-likeness (QED) is 0.859. The Labute approximate surface area is 146 Å². The molecule has 0 bridgehead atoms. The summed E-state index contributed by atoms with van der Waals surface area (Å²) in [6, 6.07) is 7.77. The van der Waals surface area contributed by atoms with Crippen molar-refractivity contribution in [2.75, 3.05) is 19.6 Å². The Hall–Kier alpha value is -1.06. The number of likely N-dealkylation sites (tertiary alicyclic amines) is 1. The van der Waals surface area contributed by atoms with Crippen molar-refractivity contribution in [3.05, 3.63) is 29.8 Å². The number of rotatable bonds is 5. The van der Waals surface area contributed by atoms with Gasteiger partial charge in [0.1, 0.15) is 5.75 Å². The summed E-state index contributed by atoms with van der Waals surface area (Å²) in [4.78, 5) is 2.52. The molecule has 1 aromatic carbocycles. The predicted octanol–water partition coefficient (Wildman–Crippen LogP) is 3.93. The summed E-state index contributed by atoms with van der Waals surface area (Å²) in [6.07, 6.45) is 6.94. The van der Waals surface area contributed by atoms with E-state index >= 15 is 0 Å². The summed E-state index contributed by atoms with van der Waals surface area (Å²) in [7, 11) is 0. The maximum absolute atomic E-state index is 10.4. The molecule has 0 aromatic heterocycles. The Bertz CT molecular complexity index is 540. The van der Waals surface area contributed by atoms with Crippen molar-refractivity contribution in [3.63, 3.8) is 0 Å². The molecule has 0 spiro atoms. The number of nitrogens with zero attached hydrogens (tertiary/aromatic N) is 1. The van der Waals surface area contributed by atoms with Gasteiger partial charge in [-0.25, -0.2) is 0 Å². The van der Waals surface area contributed by atoms with Gasteiger partial charge in [-0.3, -0.25) is 0 Å². The third-order valence-electron chi connectivity index (χ3n) is 6.76. The number of aliphatic hydroxyl groups is 1. The van der Waals surface area contributed by atoms with Gasteiger partial charge >= 0.3 is 0 Å². The maximum atomic E-state index is 10.4. The fourth-order valence-electron chi connectivity index (χ4n) is 4.70. The van der Waals surface area contributed by atoms with E-state index in [0.29, 0.717) is 17.6 Å². The smallest absolute Gasteiger partial charge is 0.115 e. The first-order valence-electron chi connectivity index (χ1n) is 9.69. The monoisotopic (exact) mass is 331 g/mol. The van der Waals surface area contributed by atoms with E-state index in [1.54, 1.807) is 6.07 Å². The number of aliphatic hydroxyl groups excluding tert-OH is 1. The molecule has 1 saturated carbocycles. The molecule has 134 valence electrons. The van der Waals surface area contributed by atoms with Gasteiger partial charge in [-0.05, 0) is 67.2 Å². The number of piperidine rings is 1. The molecule has 3 nitrogen and oxygen atoms in total. The Kier molecular flexibility index (Phi) is 5.51. The molecule has 1 aromatic rings. The van der Waals surface area contributed by atoms with Crippen molar-refractivity contribution >= 4 is 0 Å². The Morgan fingerprint density at radius 2 is 2.04 bits per heavy atom. The molecule has 1 aliphatic heterocycles. The first-order chi connectivity index (χ1) is 11.5. The van der Waals surface area contributed by atoms with Gasteiger partial charge < -0.3 is 15.1 Å². The second-order valence-corrected chi connectivity index (χ2v) is 8.32. The van der Waals surface area contributed by atoms with E-state index in [1.807, 2.05) is 12.1 Å². The minimum Gasteiger partial charge on any atom is -0.508 e. The Balaban J connectivity index is 1.55. The molecule has 2 aliphatic rings. The van der Waals surface area contributed by atoms with E-state index in [4.69, 9.17) is 0 Å². The Morgan fingerprint density at radius 1 is 1.29 bits per heavy atom. The van der Waals surface area contributed by atoms with Crippen molar-refractivity contribution in [3.8, 4) is 5.75 Å². The minimum atomic E-state index is -0.109. The number of hydrogen-bond acceptors (Lipinski definition) is 3. The van der Waals surface area contributed by atoms with Crippen LogP contribution in [0.5, 0.6) is 5.75 Å². The third kappa shape index (κ3) is 3.78. The molecular weight excluding hydrogens is 298 g/mol. The molecule has 3 rings (SSSR count). The van der Waals surface area contributed by atoms with Crippen LogP contribution < -0.4 is 0 Å². The molecule has 2 fully saturated rings. The van der Waals surface area contributed by atoms with E-state index in [-0.39, 0.29) is 11.5 Å². The fraction of sp³-hybridized carbons (Fsp3) is 0.714. The highest BCUT2D eigenvalue weighted by Crippen LogP contribution is 2.40. The van der Waals surface area contributed by atoms with Crippen molar-refractivity contribution in [1.82, 2.24) is 4.90 Å². The van der Waals surface area contributed by atoms with Crippen LogP contribution in [0.3, 0.4) is 0 Å². The highest BCUT2D eigenvalue weighted by Gasteiger charge is 2.38. The lowest BCUT2D eigenvalue weighted by Crippen LogP contribution is -2.48. The first-order valence-corrected chi connectivity index (χ1v) is 9.69. The van der Waals surface area contributed by atoms with Gasteiger partial charge in [0.05, 0.1) is 6.10 Å². The molecule has 3 heteroatoms. The lowest BCUT2D eigenvalue weighted by atomic mass is 9.68. The lowest BCUT2D eigenvalue weighted by Gasteiger charge is -2.45. The molecule has 0 radical (unpaired) electrons. The summed E-state index contributed by atoms with van der Waals surface area (Å²) in [5.41, 5.74) is 1.37. The van der Waals surface area contributed by atoms with Crippen molar-refractivity contribution < 1.29 is 10.2 Å². The summed E-state index contributed by atoms with van der Waals surface area (Å²) < 4.78 is 0. The van der Waals surface area contributed by atoms with Gasteiger partial charge in [0.15, 0.2) is 0 Å². The van der Waals surface area contributed by atoms with Crippen molar-refractivity contribution in [1.29, 1.82) is 0 Å². The molecule has 1 saturated heterocycles. The highest BCUT2D eigenvalue weighted by atomic mass is 16.3. The SMILES string of the molecule is C[C@H]1CN(CC[C@@H](O)C2CCCC2)CC[C@]1(C)c1cccc(O)c1. The number of aromatic hydroxyl groups is 1. The predicted molar refractivity (Wildman–Crippen MR) is 98.3 cm³/mol. The average molecular weight is 331 g/mol. The largest absolute Gasteiger partial charge is 0.508 e. The van der Waals surface area contributed by atoms with Crippen LogP contribution in [0, 0.1) is 11.8 Å². The zero-order valence-corrected chi connectivity index (χ0v) is 15.2. The van der Waals surface area contributed by atoms with Crippen LogP contribution in [-0.4, -0.2) is 40.9 Å². The second kappa shape index (κ2) is 7.45. The van der Waals surface area contributed by atoms with Crippen LogP contribution in [0.2, 0.25) is 0 Å². The van der Waals surface area contributed by atoms with Gasteiger partial charge in [0, 0.05) is 13.1 Å². The first kappa shape index (κ1) is 17.8. The molecule has 24 heavy (non-hydrogen) atoms. The second-order valence-electron chi connectivity index (χ2n) is 8.32. The number of hydrogen-bond donors (Lipinski definition) is 2. The third-order valence-corrected chi connectivity index (χ3v) is 6.76. The van der Waals surface area contributed by atoms with E-state index < -0.39 is 0 Å². The standard InChI is InChI=1S/C21H33NO2/c1-16-15-22(12-10-20(24)17-6-3-4-7-17)13-11-21(16,2)18-8-5-9-19(23)14-18/h5,8-9,14,16-17,20,23-24H,3-4,6-7,10-13,15H2,1-2H3/t16-,20+,21-/m0/s1. The van der Waals surface area contributed by atoms with Crippen LogP contribution in [0.1, 0.15) is 57.9 Å². The number of phenolic OH excluding ortho intramolecular Hbond substituents is 1. The number of phenols is 1. The summed E-state index contributed by atoms with van der Waals surface area (Å²) in [6.45, 7) is 7.82. The molecular formula is C21H33NO2. The van der Waals surface area contributed by atoms with Gasteiger partial charge in [-0.2, -0.15) is 0 Å². The summed E-state index contributed by atoms with van der Waals surface area (Å²) in [5.74, 6) is 1.45. The summed E-state index contributed by atoms with van der Waals surface area (Å²) >= 11 is 0.